The van der Waals surface area contributed by atoms with Gasteiger partial charge < -0.3 is 9.47 Å². The highest BCUT2D eigenvalue weighted by molar-refractivity contribution is 6.00. The molecule has 1 rings (SSSR count). The molecule has 74 valence electrons. The predicted octanol–water partition coefficient (Wildman–Crippen LogP) is 0.686. The Balaban J connectivity index is 2.47. The zero-order chi connectivity index (χ0) is 10.1. The van der Waals surface area contributed by atoms with E-state index in [1.807, 2.05) is 0 Å². The van der Waals surface area contributed by atoms with E-state index in [4.69, 9.17) is 9.47 Å². The van der Waals surface area contributed by atoms with Crippen LogP contribution in [0.4, 0.5) is 0 Å². The molecule has 0 radical (unpaired) electrons. The van der Waals surface area contributed by atoms with Crippen LogP contribution in [0.5, 0.6) is 0 Å². The van der Waals surface area contributed by atoms with Crippen LogP contribution in [0.15, 0.2) is 0 Å². The quantitative estimate of drug-likeness (QED) is 0.608. The fourth-order valence-electron chi connectivity index (χ4n) is 1.20. The van der Waals surface area contributed by atoms with Crippen molar-refractivity contribution >= 4 is 11.6 Å². The van der Waals surface area contributed by atoms with E-state index in [-0.39, 0.29) is 24.6 Å². The predicted molar refractivity (Wildman–Crippen MR) is 45.2 cm³/mol. The van der Waals surface area contributed by atoms with E-state index >= 15 is 0 Å². The van der Waals surface area contributed by atoms with Gasteiger partial charge in [-0.05, 0) is 20.8 Å². The van der Waals surface area contributed by atoms with Gasteiger partial charge in [0.05, 0.1) is 13.0 Å². The van der Waals surface area contributed by atoms with Gasteiger partial charge in [-0.25, -0.2) is 0 Å². The van der Waals surface area contributed by atoms with Gasteiger partial charge in [-0.15, -0.1) is 0 Å². The first-order valence-electron chi connectivity index (χ1n) is 4.24. The van der Waals surface area contributed by atoms with Gasteiger partial charge in [0.15, 0.2) is 11.6 Å². The largest absolute Gasteiger partial charge is 0.347 e. The van der Waals surface area contributed by atoms with Crippen molar-refractivity contribution in [1.82, 2.24) is 0 Å². The van der Waals surface area contributed by atoms with Gasteiger partial charge in [0.1, 0.15) is 11.9 Å². The van der Waals surface area contributed by atoms with Gasteiger partial charge in [-0.1, -0.05) is 0 Å². The molecule has 0 aromatic rings. The minimum atomic E-state index is -0.697. The minimum Gasteiger partial charge on any atom is -0.347 e. The van der Waals surface area contributed by atoms with Crippen LogP contribution in [-0.4, -0.2) is 30.1 Å². The van der Waals surface area contributed by atoms with E-state index < -0.39 is 11.9 Å². The molecule has 4 heteroatoms. The van der Waals surface area contributed by atoms with Gasteiger partial charge >= 0.3 is 0 Å². The molecule has 1 aliphatic heterocycles. The summed E-state index contributed by atoms with van der Waals surface area (Å²) in [6.07, 6.45) is -0.636. The molecule has 1 aliphatic rings. The number of ether oxygens (including phenoxy) is 2. The molecule has 1 saturated heterocycles. The number of ketones is 2. The highest BCUT2D eigenvalue weighted by Gasteiger charge is 2.36. The summed E-state index contributed by atoms with van der Waals surface area (Å²) >= 11 is 0. The normalized spacial score (nSPS) is 25.9. The Bertz CT molecular complexity index is 232. The summed E-state index contributed by atoms with van der Waals surface area (Å²) in [5, 5.41) is 0. The topological polar surface area (TPSA) is 52.6 Å². The molecule has 0 saturated carbocycles. The van der Waals surface area contributed by atoms with Crippen LogP contribution in [0, 0.1) is 0 Å². The van der Waals surface area contributed by atoms with Crippen LogP contribution in [0.2, 0.25) is 0 Å². The summed E-state index contributed by atoms with van der Waals surface area (Å²) < 4.78 is 10.5. The fraction of sp³-hybridized carbons (Fsp3) is 0.778. The first kappa shape index (κ1) is 10.3. The molecule has 1 unspecified atom stereocenters. The molecular weight excluding hydrogens is 172 g/mol. The highest BCUT2D eigenvalue weighted by Crippen LogP contribution is 2.23. The molecule has 1 fully saturated rings. The van der Waals surface area contributed by atoms with Crippen molar-refractivity contribution in [3.8, 4) is 0 Å². The summed E-state index contributed by atoms with van der Waals surface area (Å²) in [5.74, 6) is -1.03. The Morgan fingerprint density at radius 3 is 2.46 bits per heavy atom. The fourth-order valence-corrected chi connectivity index (χ4v) is 1.20. The first-order chi connectivity index (χ1) is 5.91. The monoisotopic (exact) mass is 186 g/mol. The number of Topliss-reactive ketones (excluding diaryl/α,β-unsaturated/α-hetero) is 2. The van der Waals surface area contributed by atoms with Crippen molar-refractivity contribution in [3.05, 3.63) is 0 Å². The Hall–Kier alpha value is -0.740. The van der Waals surface area contributed by atoms with Crippen LogP contribution >= 0.6 is 0 Å². The van der Waals surface area contributed by atoms with Crippen LogP contribution < -0.4 is 0 Å². The maximum atomic E-state index is 11.3. The Labute approximate surface area is 77.2 Å². The van der Waals surface area contributed by atoms with Gasteiger partial charge in [0.2, 0.25) is 0 Å². The average Bonchev–Trinajstić information content (AvgIpc) is 2.28. The SMILES string of the molecule is CC(=O)CC(=O)C1COC(C)(C)O1. The average molecular weight is 186 g/mol. The second kappa shape index (κ2) is 3.55. The van der Waals surface area contributed by atoms with Gasteiger partial charge in [0.25, 0.3) is 0 Å². The lowest BCUT2D eigenvalue weighted by molar-refractivity contribution is -0.152. The van der Waals surface area contributed by atoms with Crippen LogP contribution in [0.3, 0.4) is 0 Å². The summed E-state index contributed by atoms with van der Waals surface area (Å²) in [5.41, 5.74) is 0. The minimum absolute atomic E-state index is 0.0654. The van der Waals surface area contributed by atoms with Crippen LogP contribution in [0.25, 0.3) is 0 Å². The number of hydrogen-bond donors (Lipinski definition) is 0. The second-order valence-electron chi connectivity index (χ2n) is 3.66. The smallest absolute Gasteiger partial charge is 0.171 e. The molecular formula is C9H14O4. The summed E-state index contributed by atoms with van der Waals surface area (Å²) in [7, 11) is 0. The lowest BCUT2D eigenvalue weighted by Crippen LogP contribution is -2.27. The second-order valence-corrected chi connectivity index (χ2v) is 3.66. The molecule has 0 spiro atoms. The third-order valence-corrected chi connectivity index (χ3v) is 1.79. The summed E-state index contributed by atoms with van der Waals surface area (Å²) in [6, 6.07) is 0. The maximum absolute atomic E-state index is 11.3. The number of rotatable bonds is 3. The van der Waals surface area contributed by atoms with Gasteiger partial charge in [-0.3, -0.25) is 9.59 Å². The van der Waals surface area contributed by atoms with Crippen molar-refractivity contribution in [3.63, 3.8) is 0 Å². The Kier molecular flexibility index (Phi) is 2.83. The third-order valence-electron chi connectivity index (χ3n) is 1.79. The van der Waals surface area contributed by atoms with Crippen molar-refractivity contribution in [2.75, 3.05) is 6.61 Å². The lowest BCUT2D eigenvalue weighted by Gasteiger charge is -2.16. The van der Waals surface area contributed by atoms with Crippen LogP contribution in [-0.2, 0) is 19.1 Å². The molecule has 0 bridgehead atoms. The van der Waals surface area contributed by atoms with Crippen molar-refractivity contribution in [1.29, 1.82) is 0 Å². The molecule has 0 aromatic carbocycles. The highest BCUT2D eigenvalue weighted by atomic mass is 16.7. The lowest BCUT2D eigenvalue weighted by atomic mass is 10.1. The van der Waals surface area contributed by atoms with E-state index in [9.17, 15) is 9.59 Å². The molecule has 0 N–H and O–H groups in total. The van der Waals surface area contributed by atoms with Crippen molar-refractivity contribution in [2.24, 2.45) is 0 Å². The molecule has 1 heterocycles. The zero-order valence-corrected chi connectivity index (χ0v) is 8.12. The van der Waals surface area contributed by atoms with Crippen molar-refractivity contribution in [2.45, 2.75) is 39.1 Å². The third kappa shape index (κ3) is 2.90. The molecule has 1 atom stereocenters. The van der Waals surface area contributed by atoms with Crippen molar-refractivity contribution < 1.29 is 19.1 Å². The molecule has 0 aliphatic carbocycles. The Morgan fingerprint density at radius 1 is 1.46 bits per heavy atom. The first-order valence-corrected chi connectivity index (χ1v) is 4.24. The summed E-state index contributed by atoms with van der Waals surface area (Å²) in [4.78, 5) is 22.0. The molecule has 0 aromatic heterocycles. The van der Waals surface area contributed by atoms with E-state index in [0.29, 0.717) is 0 Å². The standard InChI is InChI=1S/C9H14O4/c1-6(10)4-7(11)8-5-12-9(2,3)13-8/h8H,4-5H2,1-3H3. The van der Waals surface area contributed by atoms with E-state index in [2.05, 4.69) is 0 Å². The molecule has 13 heavy (non-hydrogen) atoms. The molecule has 0 amide bonds. The number of carbonyl (C=O) groups excluding carboxylic acids is 2. The molecule has 4 nitrogen and oxygen atoms in total. The summed E-state index contributed by atoms with van der Waals surface area (Å²) in [6.45, 7) is 5.13. The zero-order valence-electron chi connectivity index (χ0n) is 8.12. The maximum Gasteiger partial charge on any atom is 0.171 e. The van der Waals surface area contributed by atoms with Gasteiger partial charge in [-0.2, -0.15) is 0 Å². The van der Waals surface area contributed by atoms with E-state index in [1.165, 1.54) is 6.92 Å². The number of carbonyl (C=O) groups is 2. The van der Waals surface area contributed by atoms with Crippen LogP contribution in [0.1, 0.15) is 27.2 Å². The van der Waals surface area contributed by atoms with E-state index in [0.717, 1.165) is 0 Å². The van der Waals surface area contributed by atoms with E-state index in [1.54, 1.807) is 13.8 Å². The van der Waals surface area contributed by atoms with Gasteiger partial charge in [0, 0.05) is 0 Å². The number of hydrogen-bond acceptors (Lipinski definition) is 4. The Morgan fingerprint density at radius 2 is 2.08 bits per heavy atom.